The van der Waals surface area contributed by atoms with Gasteiger partial charge in [0, 0.05) is 12.0 Å². The van der Waals surface area contributed by atoms with Gasteiger partial charge >= 0.3 is 0 Å². The fourth-order valence-corrected chi connectivity index (χ4v) is 2.26. The Morgan fingerprint density at radius 1 is 1.32 bits per heavy atom. The van der Waals surface area contributed by atoms with E-state index < -0.39 is 15.6 Å². The maximum Gasteiger partial charge on any atom is 0.262 e. The van der Waals surface area contributed by atoms with Gasteiger partial charge in [0.1, 0.15) is 0 Å². The first-order valence-electron chi connectivity index (χ1n) is 5.99. The van der Waals surface area contributed by atoms with Crippen LogP contribution in [0.25, 0.3) is 0 Å². The zero-order chi connectivity index (χ0) is 14.7. The highest BCUT2D eigenvalue weighted by Gasteiger charge is 2.20. The Bertz CT molecular complexity index is 558. The third kappa shape index (κ3) is 4.74. The SMILES string of the molecule is CCC(=O)c1cccc(S(=O)(=O)NOC(C)(C)C)c1. The number of Topliss-reactive ketones (excluding diaryl/α,β-unsaturated/α-hetero) is 1. The molecular weight excluding hydrogens is 266 g/mol. The topological polar surface area (TPSA) is 72.5 Å². The molecule has 0 unspecified atom stereocenters. The predicted octanol–water partition coefficient (Wildman–Crippen LogP) is 2.29. The summed E-state index contributed by atoms with van der Waals surface area (Å²) in [7, 11) is -3.78. The molecule has 1 rings (SSSR count). The summed E-state index contributed by atoms with van der Waals surface area (Å²) in [5, 5.41) is 0. The van der Waals surface area contributed by atoms with E-state index in [-0.39, 0.29) is 10.7 Å². The first-order chi connectivity index (χ1) is 8.65. The summed E-state index contributed by atoms with van der Waals surface area (Å²) in [5.74, 6) is -0.103. The van der Waals surface area contributed by atoms with E-state index in [4.69, 9.17) is 4.84 Å². The summed E-state index contributed by atoms with van der Waals surface area (Å²) in [6.07, 6.45) is 0.329. The molecule has 0 radical (unpaired) electrons. The van der Waals surface area contributed by atoms with Gasteiger partial charge in [0.25, 0.3) is 10.0 Å². The number of benzene rings is 1. The predicted molar refractivity (Wildman–Crippen MR) is 72.2 cm³/mol. The summed E-state index contributed by atoms with van der Waals surface area (Å²) in [4.78, 5) is 18.7. The van der Waals surface area contributed by atoms with E-state index in [2.05, 4.69) is 4.89 Å². The van der Waals surface area contributed by atoms with Crippen LogP contribution >= 0.6 is 0 Å². The zero-order valence-corrected chi connectivity index (χ0v) is 12.4. The van der Waals surface area contributed by atoms with Gasteiger partial charge in [-0.2, -0.15) is 0 Å². The quantitative estimate of drug-likeness (QED) is 0.665. The molecule has 1 aromatic carbocycles. The van der Waals surface area contributed by atoms with E-state index in [0.29, 0.717) is 12.0 Å². The second-order valence-corrected chi connectivity index (χ2v) is 6.75. The van der Waals surface area contributed by atoms with Crippen molar-refractivity contribution in [3.05, 3.63) is 29.8 Å². The van der Waals surface area contributed by atoms with Crippen molar-refractivity contribution < 1.29 is 18.0 Å². The molecule has 1 aromatic rings. The fourth-order valence-electron chi connectivity index (χ4n) is 1.27. The van der Waals surface area contributed by atoms with Crippen LogP contribution in [0.15, 0.2) is 29.2 Å². The average molecular weight is 285 g/mol. The minimum Gasteiger partial charge on any atom is -0.294 e. The number of ketones is 1. The van der Waals surface area contributed by atoms with Crippen LogP contribution in [0.3, 0.4) is 0 Å². The third-order valence-electron chi connectivity index (χ3n) is 2.24. The molecule has 0 atom stereocenters. The van der Waals surface area contributed by atoms with Crippen molar-refractivity contribution in [1.82, 2.24) is 4.89 Å². The van der Waals surface area contributed by atoms with Crippen molar-refractivity contribution in [3.8, 4) is 0 Å². The molecule has 19 heavy (non-hydrogen) atoms. The molecule has 5 nitrogen and oxygen atoms in total. The monoisotopic (exact) mass is 285 g/mol. The van der Waals surface area contributed by atoms with Crippen LogP contribution in [0.4, 0.5) is 0 Å². The van der Waals surface area contributed by atoms with Crippen molar-refractivity contribution in [1.29, 1.82) is 0 Å². The first-order valence-corrected chi connectivity index (χ1v) is 7.47. The number of rotatable bonds is 5. The molecule has 0 bridgehead atoms. The number of carbonyl (C=O) groups is 1. The molecule has 0 aliphatic rings. The van der Waals surface area contributed by atoms with E-state index >= 15 is 0 Å². The molecule has 0 saturated carbocycles. The highest BCUT2D eigenvalue weighted by molar-refractivity contribution is 7.89. The Morgan fingerprint density at radius 3 is 2.47 bits per heavy atom. The van der Waals surface area contributed by atoms with E-state index in [1.807, 2.05) is 0 Å². The van der Waals surface area contributed by atoms with Crippen molar-refractivity contribution >= 4 is 15.8 Å². The lowest BCUT2D eigenvalue weighted by atomic mass is 10.1. The van der Waals surface area contributed by atoms with Crippen LogP contribution in [0.2, 0.25) is 0 Å². The average Bonchev–Trinajstić information content (AvgIpc) is 2.35. The Balaban J connectivity index is 2.99. The van der Waals surface area contributed by atoms with Gasteiger partial charge < -0.3 is 0 Å². The van der Waals surface area contributed by atoms with Gasteiger partial charge in [0.15, 0.2) is 5.78 Å². The molecule has 0 saturated heterocycles. The minimum absolute atomic E-state index is 0.0102. The van der Waals surface area contributed by atoms with Gasteiger partial charge in [0.05, 0.1) is 10.5 Å². The smallest absolute Gasteiger partial charge is 0.262 e. The fraction of sp³-hybridized carbons (Fsp3) is 0.462. The second kappa shape index (κ2) is 5.81. The maximum absolute atomic E-state index is 12.0. The van der Waals surface area contributed by atoms with Gasteiger partial charge in [-0.25, -0.2) is 8.42 Å². The Hall–Kier alpha value is -1.24. The number of carbonyl (C=O) groups excluding carboxylic acids is 1. The van der Waals surface area contributed by atoms with Crippen LogP contribution in [-0.4, -0.2) is 19.8 Å². The van der Waals surface area contributed by atoms with Crippen LogP contribution in [-0.2, 0) is 14.9 Å². The van der Waals surface area contributed by atoms with Crippen molar-refractivity contribution in [2.24, 2.45) is 0 Å². The lowest BCUT2D eigenvalue weighted by Gasteiger charge is -2.19. The second-order valence-electron chi connectivity index (χ2n) is 5.11. The lowest BCUT2D eigenvalue weighted by Crippen LogP contribution is -2.33. The van der Waals surface area contributed by atoms with Crippen LogP contribution in [0.5, 0.6) is 0 Å². The lowest BCUT2D eigenvalue weighted by molar-refractivity contribution is -0.0357. The molecule has 0 aliphatic carbocycles. The maximum atomic E-state index is 12.0. The van der Waals surface area contributed by atoms with Gasteiger partial charge in [-0.1, -0.05) is 23.9 Å². The number of sulfonamides is 1. The van der Waals surface area contributed by atoms with Crippen molar-refractivity contribution in [2.75, 3.05) is 0 Å². The molecule has 0 aliphatic heterocycles. The third-order valence-corrected chi connectivity index (χ3v) is 3.42. The van der Waals surface area contributed by atoms with E-state index in [1.54, 1.807) is 33.8 Å². The summed E-state index contributed by atoms with van der Waals surface area (Å²) >= 11 is 0. The standard InChI is InChI=1S/C13H19NO4S/c1-5-12(15)10-7-6-8-11(9-10)19(16,17)14-18-13(2,3)4/h6-9,14H,5H2,1-4H3. The molecule has 106 valence electrons. The summed E-state index contributed by atoms with van der Waals surface area (Å²) < 4.78 is 24.0. The Morgan fingerprint density at radius 2 is 1.95 bits per heavy atom. The van der Waals surface area contributed by atoms with Gasteiger partial charge in [-0.05, 0) is 32.9 Å². The molecule has 0 aromatic heterocycles. The molecule has 6 heteroatoms. The highest BCUT2D eigenvalue weighted by atomic mass is 32.2. The van der Waals surface area contributed by atoms with Crippen LogP contribution in [0, 0.1) is 0 Å². The largest absolute Gasteiger partial charge is 0.294 e. The van der Waals surface area contributed by atoms with Crippen molar-refractivity contribution in [2.45, 2.75) is 44.6 Å². The first kappa shape index (κ1) is 15.8. The molecule has 0 heterocycles. The van der Waals surface area contributed by atoms with E-state index in [1.165, 1.54) is 18.2 Å². The van der Waals surface area contributed by atoms with Gasteiger partial charge in [-0.15, -0.1) is 0 Å². The van der Waals surface area contributed by atoms with Crippen LogP contribution in [0.1, 0.15) is 44.5 Å². The number of nitrogens with one attached hydrogen (secondary N) is 1. The Kier molecular flexibility index (Phi) is 4.84. The number of hydrogen-bond acceptors (Lipinski definition) is 4. The van der Waals surface area contributed by atoms with E-state index in [9.17, 15) is 13.2 Å². The van der Waals surface area contributed by atoms with Gasteiger partial charge in [-0.3, -0.25) is 9.63 Å². The van der Waals surface area contributed by atoms with Gasteiger partial charge in [0.2, 0.25) is 0 Å². The zero-order valence-electron chi connectivity index (χ0n) is 11.6. The molecule has 0 spiro atoms. The summed E-state index contributed by atoms with van der Waals surface area (Å²) in [5.41, 5.74) is -0.259. The number of hydrogen-bond donors (Lipinski definition) is 1. The molecule has 0 amide bonds. The van der Waals surface area contributed by atoms with Crippen molar-refractivity contribution in [3.63, 3.8) is 0 Å². The molecular formula is C13H19NO4S. The molecule has 1 N–H and O–H groups in total. The normalized spacial score (nSPS) is 12.4. The summed E-state index contributed by atoms with van der Waals surface area (Å²) in [6, 6.07) is 5.89. The summed E-state index contributed by atoms with van der Waals surface area (Å²) in [6.45, 7) is 6.91. The highest BCUT2D eigenvalue weighted by Crippen LogP contribution is 2.14. The van der Waals surface area contributed by atoms with E-state index in [0.717, 1.165) is 0 Å². The molecule has 0 fully saturated rings. The van der Waals surface area contributed by atoms with Crippen LogP contribution < -0.4 is 4.89 Å². The minimum atomic E-state index is -3.78. The Labute approximate surface area is 114 Å².